The number of methoxy groups -OCH3 is 1. The summed E-state index contributed by atoms with van der Waals surface area (Å²) >= 11 is 28.2. The van der Waals surface area contributed by atoms with Crippen molar-refractivity contribution in [1.29, 1.82) is 0 Å². The van der Waals surface area contributed by atoms with Crippen LogP contribution < -0.4 is 0 Å². The van der Waals surface area contributed by atoms with Gasteiger partial charge in [-0.2, -0.15) is 18.9 Å². The smallest absolute Gasteiger partial charge is 0.360 e. The van der Waals surface area contributed by atoms with Gasteiger partial charge in [0.05, 0.1) is 35.1 Å². The molecule has 0 aliphatic heterocycles. The van der Waals surface area contributed by atoms with Gasteiger partial charge in [-0.15, -0.1) is 0 Å². The third kappa shape index (κ3) is 8.79. The third-order valence-electron chi connectivity index (χ3n) is 8.47. The van der Waals surface area contributed by atoms with E-state index in [4.69, 9.17) is 55.9 Å². The molecule has 4 heterocycles. The molecule has 0 fully saturated rings. The van der Waals surface area contributed by atoms with Crippen molar-refractivity contribution in [3.05, 3.63) is 140 Å². The maximum Gasteiger partial charge on any atom is 0.360 e. The highest BCUT2D eigenvalue weighted by Gasteiger charge is 2.29. The lowest BCUT2D eigenvalue weighted by Crippen LogP contribution is -2.07. The summed E-state index contributed by atoms with van der Waals surface area (Å²) in [5, 5.41) is 10.9. The van der Waals surface area contributed by atoms with Gasteiger partial charge in [-0.3, -0.25) is 0 Å². The molecule has 298 valence electrons. The van der Waals surface area contributed by atoms with E-state index in [0.29, 0.717) is 54.5 Å². The Kier molecular flexibility index (Phi) is 12.9. The van der Waals surface area contributed by atoms with E-state index >= 15 is 0 Å². The van der Waals surface area contributed by atoms with Crippen LogP contribution in [0.2, 0.25) is 20.1 Å². The van der Waals surface area contributed by atoms with E-state index in [1.807, 2.05) is 80.6 Å². The van der Waals surface area contributed by atoms with Gasteiger partial charge in [-0.05, 0) is 80.2 Å². The van der Waals surface area contributed by atoms with E-state index in [1.165, 1.54) is 28.0 Å². The van der Waals surface area contributed by atoms with Crippen molar-refractivity contribution in [1.82, 2.24) is 38.3 Å². The van der Waals surface area contributed by atoms with Gasteiger partial charge >= 0.3 is 11.9 Å². The first-order valence-electron chi connectivity index (χ1n) is 17.6. The first-order valence-corrected chi connectivity index (χ1v) is 20.7. The zero-order valence-electron chi connectivity index (χ0n) is 31.5. The molecule has 0 spiro atoms. The van der Waals surface area contributed by atoms with Crippen molar-refractivity contribution in [2.24, 2.45) is 0 Å². The SMILES string of the molecule is CCOC(=O)c1nn(-c2ccccc2Cl)c(-c2nc(-c3cccc(C)c3)ns2)c1Cl.COC(=O)c1nn(-c2ccccc2Cl)c(-c2nc(-c3cccc(C)c3)ns2)c1Cl. The van der Waals surface area contributed by atoms with E-state index in [-0.39, 0.29) is 28.0 Å². The largest absolute Gasteiger partial charge is 0.464 e. The summed E-state index contributed by atoms with van der Waals surface area (Å²) in [6.07, 6.45) is 0. The zero-order chi connectivity index (χ0) is 41.8. The first kappa shape index (κ1) is 41.7. The predicted molar refractivity (Wildman–Crippen MR) is 233 cm³/mol. The number of hydrogen-bond acceptors (Lipinski definition) is 12. The number of aryl methyl sites for hydroxylation is 2. The Labute approximate surface area is 366 Å². The van der Waals surface area contributed by atoms with E-state index in [1.54, 1.807) is 37.3 Å². The maximum absolute atomic E-state index is 12.4. The molecule has 4 aromatic heterocycles. The Morgan fingerprint density at radius 1 is 0.627 bits per heavy atom. The molecule has 0 saturated heterocycles. The van der Waals surface area contributed by atoms with Gasteiger partial charge in [0.15, 0.2) is 33.1 Å². The third-order valence-corrected chi connectivity index (χ3v) is 11.3. The van der Waals surface area contributed by atoms with Crippen LogP contribution >= 0.6 is 69.5 Å². The zero-order valence-corrected chi connectivity index (χ0v) is 36.1. The average molecular weight is 905 g/mol. The molecule has 0 atom stereocenters. The summed E-state index contributed by atoms with van der Waals surface area (Å²) in [7, 11) is 1.27. The number of nitrogens with zero attached hydrogens (tertiary/aromatic N) is 8. The molecule has 0 radical (unpaired) electrons. The van der Waals surface area contributed by atoms with Crippen LogP contribution in [0.25, 0.3) is 55.6 Å². The Morgan fingerprint density at radius 3 is 1.47 bits per heavy atom. The van der Waals surface area contributed by atoms with Crippen LogP contribution in [0, 0.1) is 13.8 Å². The molecule has 0 amide bonds. The quantitative estimate of drug-likeness (QED) is 0.129. The summed E-state index contributed by atoms with van der Waals surface area (Å²) in [4.78, 5) is 33.8. The van der Waals surface area contributed by atoms with Gasteiger partial charge in [-0.25, -0.2) is 28.9 Å². The molecule has 8 rings (SSSR count). The summed E-state index contributed by atoms with van der Waals surface area (Å²) in [6, 6.07) is 30.1. The van der Waals surface area contributed by atoms with Crippen LogP contribution in [0.3, 0.4) is 0 Å². The average Bonchev–Trinajstić information content (AvgIpc) is 4.04. The Bertz CT molecular complexity index is 2840. The standard InChI is InChI=1S/C21H16Cl2N4O2S.C20H14Cl2N4O2S/c1-3-29-21(28)17-16(23)18(27(25-17)15-10-5-4-9-14(15)22)20-24-19(26-30-20)13-8-6-7-12(2)11-13;1-11-6-5-7-12(10-11)18-23-19(29-25-18)17-15(22)16(20(27)28-2)24-26(17)14-9-4-3-8-13(14)21/h4-11H,3H2,1-2H3;3-10H,1-2H3. The molecular weight excluding hydrogens is 874 g/mol. The minimum Gasteiger partial charge on any atom is -0.464 e. The number of aromatic nitrogens is 8. The summed E-state index contributed by atoms with van der Waals surface area (Å²) in [6.45, 7) is 5.94. The molecule has 8 aromatic rings. The van der Waals surface area contributed by atoms with Crippen molar-refractivity contribution in [3.63, 3.8) is 0 Å². The molecule has 0 bridgehead atoms. The van der Waals surface area contributed by atoms with Crippen molar-refractivity contribution < 1.29 is 19.1 Å². The van der Waals surface area contributed by atoms with Crippen LogP contribution in [-0.4, -0.2) is 63.9 Å². The molecule has 4 aromatic carbocycles. The van der Waals surface area contributed by atoms with Crippen molar-refractivity contribution >= 4 is 81.4 Å². The van der Waals surface area contributed by atoms with Crippen LogP contribution in [0.5, 0.6) is 0 Å². The molecule has 0 N–H and O–H groups in total. The molecular formula is C41H30Cl4N8O4S2. The van der Waals surface area contributed by atoms with Gasteiger partial charge in [0.25, 0.3) is 0 Å². The molecule has 0 aliphatic carbocycles. The number of carbonyl (C=O) groups is 2. The van der Waals surface area contributed by atoms with E-state index in [0.717, 1.165) is 33.8 Å². The van der Waals surface area contributed by atoms with E-state index < -0.39 is 11.9 Å². The number of hydrogen-bond donors (Lipinski definition) is 0. The highest BCUT2D eigenvalue weighted by atomic mass is 35.5. The number of esters is 2. The highest BCUT2D eigenvalue weighted by molar-refractivity contribution is 7.09. The van der Waals surface area contributed by atoms with Crippen molar-refractivity contribution in [2.75, 3.05) is 13.7 Å². The topological polar surface area (TPSA) is 140 Å². The fourth-order valence-electron chi connectivity index (χ4n) is 5.76. The second kappa shape index (κ2) is 18.2. The first-order chi connectivity index (χ1) is 28.5. The van der Waals surface area contributed by atoms with E-state index in [9.17, 15) is 9.59 Å². The van der Waals surface area contributed by atoms with Crippen molar-refractivity contribution in [2.45, 2.75) is 20.8 Å². The maximum atomic E-state index is 12.4. The summed E-state index contributed by atoms with van der Waals surface area (Å²) < 4.78 is 21.9. The molecule has 59 heavy (non-hydrogen) atoms. The van der Waals surface area contributed by atoms with Gasteiger partial charge in [0.1, 0.15) is 21.4 Å². The highest BCUT2D eigenvalue weighted by Crippen LogP contribution is 2.39. The number of halogens is 4. The number of carbonyl (C=O) groups excluding carboxylic acids is 2. The second-order valence-electron chi connectivity index (χ2n) is 12.5. The van der Waals surface area contributed by atoms with Crippen LogP contribution in [0.1, 0.15) is 39.0 Å². The van der Waals surface area contributed by atoms with Gasteiger partial charge < -0.3 is 9.47 Å². The summed E-state index contributed by atoms with van der Waals surface area (Å²) in [5.74, 6) is -0.126. The monoisotopic (exact) mass is 902 g/mol. The number of rotatable bonds is 9. The predicted octanol–water partition coefficient (Wildman–Crippen LogP) is 11.3. The fourth-order valence-corrected chi connectivity index (χ4v) is 8.32. The lowest BCUT2D eigenvalue weighted by molar-refractivity contribution is 0.0518. The number of benzene rings is 4. The second-order valence-corrected chi connectivity index (χ2v) is 15.6. The van der Waals surface area contributed by atoms with Crippen LogP contribution in [0.4, 0.5) is 0 Å². The molecule has 18 heteroatoms. The van der Waals surface area contributed by atoms with Gasteiger partial charge in [0, 0.05) is 11.1 Å². The molecule has 0 unspecified atom stereocenters. The van der Waals surface area contributed by atoms with Crippen molar-refractivity contribution in [3.8, 4) is 55.6 Å². The Hall–Kier alpha value is -5.48. The minimum atomic E-state index is -0.648. The Balaban J connectivity index is 0.000000179. The van der Waals surface area contributed by atoms with E-state index in [2.05, 4.69) is 28.9 Å². The van der Waals surface area contributed by atoms with Gasteiger partial charge in [-0.1, -0.05) is 118 Å². The van der Waals surface area contributed by atoms with Crippen LogP contribution in [-0.2, 0) is 9.47 Å². The fraction of sp³-hybridized carbons (Fsp3) is 0.122. The van der Waals surface area contributed by atoms with Gasteiger partial charge in [0.2, 0.25) is 0 Å². The number of ether oxygens (including phenoxy) is 2. The summed E-state index contributed by atoms with van der Waals surface area (Å²) in [5.41, 5.74) is 5.97. The lowest BCUT2D eigenvalue weighted by Gasteiger charge is -2.07. The molecule has 0 aliphatic rings. The normalized spacial score (nSPS) is 10.9. The minimum absolute atomic E-state index is 0.000687. The lowest BCUT2D eigenvalue weighted by atomic mass is 10.1. The molecule has 0 saturated carbocycles. The number of para-hydroxylation sites is 2. The Morgan fingerprint density at radius 2 is 1.07 bits per heavy atom. The molecule has 12 nitrogen and oxygen atoms in total. The van der Waals surface area contributed by atoms with Crippen LogP contribution in [0.15, 0.2) is 97.1 Å².